The summed E-state index contributed by atoms with van der Waals surface area (Å²) in [5.74, 6) is -2.06. The van der Waals surface area contributed by atoms with Crippen molar-refractivity contribution in [2.45, 2.75) is 26.4 Å². The van der Waals surface area contributed by atoms with Crippen LogP contribution in [-0.4, -0.2) is 34.7 Å². The fraction of sp³-hybridized carbons (Fsp3) is 0.125. The first kappa shape index (κ1) is 30.6. The van der Waals surface area contributed by atoms with E-state index in [2.05, 4.69) is 26.3 Å². The monoisotopic (exact) mass is 560 g/mol. The number of aliphatic hydroxyl groups is 2. The van der Waals surface area contributed by atoms with Crippen molar-refractivity contribution in [2.24, 2.45) is 0 Å². The van der Waals surface area contributed by atoms with Crippen LogP contribution in [0.25, 0.3) is 22.3 Å². The van der Waals surface area contributed by atoms with Gasteiger partial charge in [-0.1, -0.05) is 50.6 Å². The zero-order valence-corrected chi connectivity index (χ0v) is 22.6. The van der Waals surface area contributed by atoms with Gasteiger partial charge in [0.2, 0.25) is 12.6 Å². The third kappa shape index (κ3) is 7.78. The maximum Gasteiger partial charge on any atom is 0.338 e. The standard InChI is InChI=1S/C32H29FO8/c1-7-29(34)38-25-14-11-22(17-27(25)39-30(35)8-2)23-12-9-20(15-24(23)33)21-10-13-26(40-31(36)18(3)4)28(16-21)41-32(37)19(5)6/h7-17,29,31,34,36H,1-3,5H2,4,6H3. The average Bonchev–Trinajstić information content (AvgIpc) is 2.94. The Labute approximate surface area is 236 Å². The molecular formula is C32H29FO8. The highest BCUT2D eigenvalue weighted by molar-refractivity contribution is 5.89. The maximum absolute atomic E-state index is 15.4. The minimum Gasteiger partial charge on any atom is -0.458 e. The molecule has 9 heteroatoms. The van der Waals surface area contributed by atoms with Crippen LogP contribution in [0.3, 0.4) is 0 Å². The van der Waals surface area contributed by atoms with Gasteiger partial charge in [-0.25, -0.2) is 14.0 Å². The lowest BCUT2D eigenvalue weighted by Gasteiger charge is -2.17. The summed E-state index contributed by atoms with van der Waals surface area (Å²) in [6, 6.07) is 13.3. The first-order valence-corrected chi connectivity index (χ1v) is 12.2. The topological polar surface area (TPSA) is 112 Å². The van der Waals surface area contributed by atoms with E-state index >= 15 is 4.39 Å². The number of aliphatic hydroxyl groups excluding tert-OH is 2. The molecule has 0 heterocycles. The second-order valence-corrected chi connectivity index (χ2v) is 8.87. The Bertz CT molecular complexity index is 1520. The zero-order chi connectivity index (χ0) is 30.3. The molecule has 0 aromatic heterocycles. The van der Waals surface area contributed by atoms with Gasteiger partial charge in [0.15, 0.2) is 23.0 Å². The average molecular weight is 561 g/mol. The van der Waals surface area contributed by atoms with Crippen LogP contribution in [0.2, 0.25) is 0 Å². The molecule has 2 atom stereocenters. The summed E-state index contributed by atoms with van der Waals surface area (Å²) in [4.78, 5) is 24.1. The van der Waals surface area contributed by atoms with E-state index in [1.807, 2.05) is 0 Å². The van der Waals surface area contributed by atoms with Gasteiger partial charge in [0.1, 0.15) is 5.82 Å². The Kier molecular flexibility index (Phi) is 9.97. The molecule has 0 bridgehead atoms. The van der Waals surface area contributed by atoms with Crippen molar-refractivity contribution in [3.63, 3.8) is 0 Å². The SMILES string of the molecule is C=CC(=O)Oc1cc(-c2ccc(-c3ccc(OC(O)C(=C)C)c(OC(=O)C(=C)C)c3)cc2F)ccc1OC(O)C=C. The molecule has 8 nitrogen and oxygen atoms in total. The summed E-state index contributed by atoms with van der Waals surface area (Å²) in [7, 11) is 0. The molecule has 0 radical (unpaired) electrons. The Morgan fingerprint density at radius 1 is 0.805 bits per heavy atom. The smallest absolute Gasteiger partial charge is 0.338 e. The summed E-state index contributed by atoms with van der Waals surface area (Å²) in [6.07, 6.45) is -0.615. The number of halogens is 1. The number of rotatable bonds is 12. The molecule has 212 valence electrons. The lowest BCUT2D eigenvalue weighted by atomic mass is 9.99. The molecule has 2 unspecified atom stereocenters. The van der Waals surface area contributed by atoms with Gasteiger partial charge >= 0.3 is 11.9 Å². The van der Waals surface area contributed by atoms with Crippen LogP contribution in [0, 0.1) is 5.82 Å². The van der Waals surface area contributed by atoms with Crippen molar-refractivity contribution in [1.82, 2.24) is 0 Å². The highest BCUT2D eigenvalue weighted by Gasteiger charge is 2.18. The quantitative estimate of drug-likeness (QED) is 0.0928. The minimum absolute atomic E-state index is 0.00809. The first-order chi connectivity index (χ1) is 19.4. The van der Waals surface area contributed by atoms with E-state index in [1.54, 1.807) is 19.1 Å². The van der Waals surface area contributed by atoms with Crippen molar-refractivity contribution in [3.05, 3.63) is 110 Å². The number of ether oxygens (including phenoxy) is 4. The van der Waals surface area contributed by atoms with Gasteiger partial charge in [0.25, 0.3) is 0 Å². The lowest BCUT2D eigenvalue weighted by Crippen LogP contribution is -2.17. The maximum atomic E-state index is 15.4. The van der Waals surface area contributed by atoms with Crippen LogP contribution in [-0.2, 0) is 9.59 Å². The predicted octanol–water partition coefficient (Wildman–Crippen LogP) is 5.89. The van der Waals surface area contributed by atoms with Gasteiger partial charge in [-0.15, -0.1) is 0 Å². The molecule has 0 aliphatic rings. The molecule has 3 aromatic carbocycles. The van der Waals surface area contributed by atoms with Crippen LogP contribution >= 0.6 is 0 Å². The van der Waals surface area contributed by atoms with Crippen LogP contribution in [0.4, 0.5) is 4.39 Å². The predicted molar refractivity (Wildman–Crippen MR) is 152 cm³/mol. The number of esters is 2. The summed E-state index contributed by atoms with van der Waals surface area (Å²) in [5.41, 5.74) is 1.95. The number of hydrogen-bond acceptors (Lipinski definition) is 8. The van der Waals surface area contributed by atoms with Gasteiger partial charge in [0, 0.05) is 17.2 Å². The van der Waals surface area contributed by atoms with Crippen molar-refractivity contribution in [2.75, 3.05) is 0 Å². The summed E-state index contributed by atoms with van der Waals surface area (Å²) < 4.78 is 36.8. The van der Waals surface area contributed by atoms with Gasteiger partial charge in [-0.2, -0.15) is 0 Å². The van der Waals surface area contributed by atoms with Gasteiger partial charge in [-0.05, 0) is 72.5 Å². The second kappa shape index (κ2) is 13.4. The Morgan fingerprint density at radius 2 is 1.37 bits per heavy atom. The molecule has 2 N–H and O–H groups in total. The third-order valence-electron chi connectivity index (χ3n) is 5.54. The van der Waals surface area contributed by atoms with Crippen LogP contribution < -0.4 is 18.9 Å². The Hall–Kier alpha value is -4.99. The number of carbonyl (C=O) groups is 2. The molecule has 0 saturated carbocycles. The fourth-order valence-electron chi connectivity index (χ4n) is 3.38. The van der Waals surface area contributed by atoms with Gasteiger partial charge < -0.3 is 29.2 Å². The molecule has 3 rings (SSSR count). The molecule has 41 heavy (non-hydrogen) atoms. The summed E-state index contributed by atoms with van der Waals surface area (Å²) in [6.45, 7) is 17.0. The molecule has 0 amide bonds. The van der Waals surface area contributed by atoms with Crippen LogP contribution in [0.1, 0.15) is 13.8 Å². The second-order valence-electron chi connectivity index (χ2n) is 8.87. The van der Waals surface area contributed by atoms with E-state index < -0.39 is 30.3 Å². The number of carbonyl (C=O) groups excluding carboxylic acids is 2. The van der Waals surface area contributed by atoms with Crippen molar-refractivity contribution in [1.29, 1.82) is 0 Å². The largest absolute Gasteiger partial charge is 0.458 e. The van der Waals surface area contributed by atoms with Gasteiger partial charge in [-0.3, -0.25) is 0 Å². The molecular weight excluding hydrogens is 531 g/mol. The summed E-state index contributed by atoms with van der Waals surface area (Å²) >= 11 is 0. The normalized spacial score (nSPS) is 11.9. The lowest BCUT2D eigenvalue weighted by molar-refractivity contribution is -0.130. The van der Waals surface area contributed by atoms with Crippen molar-refractivity contribution >= 4 is 11.9 Å². The van der Waals surface area contributed by atoms with E-state index in [1.165, 1.54) is 49.4 Å². The Balaban J connectivity index is 2.01. The molecule has 0 saturated heterocycles. The molecule has 3 aromatic rings. The molecule has 0 fully saturated rings. The minimum atomic E-state index is -1.36. The molecule has 0 spiro atoms. The van der Waals surface area contributed by atoms with Crippen LogP contribution in [0.15, 0.2) is 104 Å². The third-order valence-corrected chi connectivity index (χ3v) is 5.54. The zero-order valence-electron chi connectivity index (χ0n) is 22.6. The van der Waals surface area contributed by atoms with Crippen molar-refractivity contribution < 1.29 is 43.1 Å². The van der Waals surface area contributed by atoms with E-state index in [9.17, 15) is 19.8 Å². The van der Waals surface area contributed by atoms with Crippen LogP contribution in [0.5, 0.6) is 23.0 Å². The molecule has 0 aliphatic heterocycles. The van der Waals surface area contributed by atoms with Crippen molar-refractivity contribution in [3.8, 4) is 45.3 Å². The summed E-state index contributed by atoms with van der Waals surface area (Å²) in [5, 5.41) is 19.8. The number of benzene rings is 3. The fourth-order valence-corrected chi connectivity index (χ4v) is 3.38. The highest BCUT2D eigenvalue weighted by Crippen LogP contribution is 2.38. The van der Waals surface area contributed by atoms with E-state index in [-0.39, 0.29) is 34.1 Å². The molecule has 0 aliphatic carbocycles. The van der Waals surface area contributed by atoms with E-state index in [4.69, 9.17) is 18.9 Å². The van der Waals surface area contributed by atoms with E-state index in [0.29, 0.717) is 22.3 Å². The first-order valence-electron chi connectivity index (χ1n) is 12.2. The number of hydrogen-bond donors (Lipinski definition) is 2. The Morgan fingerprint density at radius 3 is 1.95 bits per heavy atom. The van der Waals surface area contributed by atoms with Gasteiger partial charge in [0.05, 0.1) is 0 Å². The van der Waals surface area contributed by atoms with E-state index in [0.717, 1.165) is 12.2 Å². The highest BCUT2D eigenvalue weighted by atomic mass is 19.1.